The van der Waals surface area contributed by atoms with Gasteiger partial charge in [0.25, 0.3) is 0 Å². The maximum absolute atomic E-state index is 11.1. The second-order valence-corrected chi connectivity index (χ2v) is 11.9. The molecule has 4 atom stereocenters. The van der Waals surface area contributed by atoms with Gasteiger partial charge in [-0.1, -0.05) is 45.4 Å². The fraction of sp³-hybridized carbons (Fsp3) is 0.808. The summed E-state index contributed by atoms with van der Waals surface area (Å²) in [6.45, 7) is 2.28. The molecule has 3 rings (SSSR count). The lowest BCUT2D eigenvalue weighted by Crippen LogP contribution is -2.28. The minimum absolute atomic E-state index is 0.0697. The van der Waals surface area contributed by atoms with Crippen LogP contribution in [-0.2, 0) is 6.42 Å². The summed E-state index contributed by atoms with van der Waals surface area (Å²) in [5, 5.41) is 20.0. The van der Waals surface area contributed by atoms with Crippen molar-refractivity contribution in [3.05, 3.63) is 21.9 Å². The number of halogens is 1. The Hall–Kier alpha value is -0.580. The molecule has 3 nitrogen and oxygen atoms in total. The highest BCUT2D eigenvalue weighted by molar-refractivity contribution is 7.13. The van der Waals surface area contributed by atoms with Crippen LogP contribution in [0.1, 0.15) is 111 Å². The Balaban J connectivity index is 1.54. The standard InChI is InChI=1S/C26H41ClO3S/c1-2-3-5-14-26(15-6-4-7-16-26)17-13-21-20(22(27)18-23(21)28)10-8-9-19-11-12-24(31-19)25(29)30/h11-12,20-23,28H,2-10,13-18H2,1H3,(H,29,30)/t20-,21-,22-,23-/m1/s1. The van der Waals surface area contributed by atoms with Crippen LogP contribution in [-0.4, -0.2) is 27.7 Å². The summed E-state index contributed by atoms with van der Waals surface area (Å²) in [6, 6.07) is 3.65. The zero-order valence-electron chi connectivity index (χ0n) is 19.2. The number of thiophene rings is 1. The maximum atomic E-state index is 11.1. The molecule has 0 bridgehead atoms. The van der Waals surface area contributed by atoms with Crippen LogP contribution < -0.4 is 0 Å². The molecule has 0 spiro atoms. The number of hydrogen-bond donors (Lipinski definition) is 2. The van der Waals surface area contributed by atoms with E-state index in [1.54, 1.807) is 6.07 Å². The predicted octanol–water partition coefficient (Wildman–Crippen LogP) is 7.68. The van der Waals surface area contributed by atoms with E-state index in [0.717, 1.165) is 37.0 Å². The molecule has 0 aromatic carbocycles. The van der Waals surface area contributed by atoms with Crippen LogP contribution in [0.5, 0.6) is 0 Å². The molecular formula is C26H41ClO3S. The lowest BCUT2D eigenvalue weighted by atomic mass is 9.66. The molecular weight excluding hydrogens is 428 g/mol. The molecule has 1 aromatic rings. The highest BCUT2D eigenvalue weighted by atomic mass is 35.5. The first-order valence-corrected chi connectivity index (χ1v) is 13.8. The van der Waals surface area contributed by atoms with Crippen LogP contribution >= 0.6 is 22.9 Å². The minimum Gasteiger partial charge on any atom is -0.477 e. The zero-order valence-corrected chi connectivity index (χ0v) is 20.7. The summed E-state index contributed by atoms with van der Waals surface area (Å²) in [6.07, 6.45) is 18.0. The van der Waals surface area contributed by atoms with E-state index in [1.807, 2.05) is 6.07 Å². The van der Waals surface area contributed by atoms with Crippen LogP contribution in [0.4, 0.5) is 0 Å². The normalized spacial score (nSPS) is 28.1. The lowest BCUT2D eigenvalue weighted by molar-refractivity contribution is 0.0702. The number of carboxylic acid groups (broad SMARTS) is 1. The van der Waals surface area contributed by atoms with E-state index >= 15 is 0 Å². The van der Waals surface area contributed by atoms with E-state index in [9.17, 15) is 9.90 Å². The van der Waals surface area contributed by atoms with Crippen molar-refractivity contribution in [3.63, 3.8) is 0 Å². The van der Waals surface area contributed by atoms with Crippen molar-refractivity contribution >= 4 is 28.9 Å². The van der Waals surface area contributed by atoms with E-state index in [1.165, 1.54) is 75.5 Å². The quantitative estimate of drug-likeness (QED) is 0.244. The third-order valence-corrected chi connectivity index (χ3v) is 9.68. The number of aryl methyl sites for hydroxylation is 1. The SMILES string of the molecule is CCCCCC1(CC[C@@H]2[C@@H](CCCc3ccc(C(=O)O)s3)[C@H](Cl)C[C@H]2O)CCCCC1. The number of aliphatic hydroxyl groups is 1. The monoisotopic (exact) mass is 468 g/mol. The number of carbonyl (C=O) groups is 1. The molecule has 2 saturated carbocycles. The van der Waals surface area contributed by atoms with Gasteiger partial charge in [-0.05, 0) is 87.2 Å². The third-order valence-electron chi connectivity index (χ3n) is 8.04. The van der Waals surface area contributed by atoms with Gasteiger partial charge in [-0.15, -0.1) is 22.9 Å². The molecule has 2 aliphatic rings. The van der Waals surface area contributed by atoms with Gasteiger partial charge in [0.15, 0.2) is 0 Å². The second kappa shape index (κ2) is 12.0. The van der Waals surface area contributed by atoms with Gasteiger partial charge in [-0.2, -0.15) is 0 Å². The molecule has 0 amide bonds. The summed E-state index contributed by atoms with van der Waals surface area (Å²) in [5.41, 5.74) is 0.506. The minimum atomic E-state index is -0.841. The average Bonchev–Trinajstić information content (AvgIpc) is 3.32. The first-order valence-electron chi connectivity index (χ1n) is 12.6. The van der Waals surface area contributed by atoms with E-state index < -0.39 is 5.97 Å². The number of unbranched alkanes of at least 4 members (excludes halogenated alkanes) is 2. The van der Waals surface area contributed by atoms with Gasteiger partial charge in [0.1, 0.15) is 4.88 Å². The smallest absolute Gasteiger partial charge is 0.345 e. The van der Waals surface area contributed by atoms with Gasteiger partial charge in [-0.3, -0.25) is 0 Å². The van der Waals surface area contributed by atoms with Gasteiger partial charge in [0, 0.05) is 10.3 Å². The molecule has 1 heterocycles. The Morgan fingerprint density at radius 3 is 2.55 bits per heavy atom. The average molecular weight is 469 g/mol. The topological polar surface area (TPSA) is 57.5 Å². The number of aromatic carboxylic acids is 1. The zero-order chi connectivity index (χ0) is 22.3. The highest BCUT2D eigenvalue weighted by Crippen LogP contribution is 2.48. The molecule has 0 radical (unpaired) electrons. The maximum Gasteiger partial charge on any atom is 0.345 e. The summed E-state index contributed by atoms with van der Waals surface area (Å²) in [5.74, 6) is -0.135. The molecule has 2 fully saturated rings. The molecule has 0 unspecified atom stereocenters. The number of aliphatic hydroxyl groups excluding tert-OH is 1. The number of rotatable bonds is 12. The van der Waals surface area contributed by atoms with Crippen LogP contribution in [0.3, 0.4) is 0 Å². The Morgan fingerprint density at radius 1 is 1.10 bits per heavy atom. The second-order valence-electron chi connectivity index (χ2n) is 10.2. The lowest BCUT2D eigenvalue weighted by Gasteiger charge is -2.39. The van der Waals surface area contributed by atoms with Crippen molar-refractivity contribution in [2.45, 2.75) is 115 Å². The van der Waals surface area contributed by atoms with Gasteiger partial charge < -0.3 is 10.2 Å². The molecule has 1 aromatic heterocycles. The molecule has 0 saturated heterocycles. The van der Waals surface area contributed by atoms with Crippen molar-refractivity contribution in [1.29, 1.82) is 0 Å². The first-order chi connectivity index (χ1) is 14.9. The number of carboxylic acids is 1. The third kappa shape index (κ3) is 6.95. The Labute approximate surface area is 197 Å². The molecule has 2 N–H and O–H groups in total. The van der Waals surface area contributed by atoms with Gasteiger partial charge in [0.05, 0.1) is 6.10 Å². The van der Waals surface area contributed by atoms with Crippen molar-refractivity contribution in [1.82, 2.24) is 0 Å². The van der Waals surface area contributed by atoms with E-state index in [0.29, 0.717) is 22.1 Å². The Bertz CT molecular complexity index is 682. The molecule has 2 aliphatic carbocycles. The largest absolute Gasteiger partial charge is 0.477 e. The van der Waals surface area contributed by atoms with Crippen LogP contribution in [0.2, 0.25) is 0 Å². The van der Waals surface area contributed by atoms with Crippen molar-refractivity contribution in [3.8, 4) is 0 Å². The Kier molecular flexibility index (Phi) is 9.73. The predicted molar refractivity (Wildman–Crippen MR) is 130 cm³/mol. The summed E-state index contributed by atoms with van der Waals surface area (Å²) >= 11 is 8.10. The molecule has 5 heteroatoms. The van der Waals surface area contributed by atoms with Crippen LogP contribution in [0, 0.1) is 17.3 Å². The first kappa shape index (κ1) is 25.1. The fourth-order valence-corrected chi connectivity index (χ4v) is 7.61. The van der Waals surface area contributed by atoms with Crippen molar-refractivity contribution in [2.24, 2.45) is 17.3 Å². The van der Waals surface area contributed by atoms with Gasteiger partial charge >= 0.3 is 5.97 Å². The van der Waals surface area contributed by atoms with E-state index in [4.69, 9.17) is 16.7 Å². The van der Waals surface area contributed by atoms with Crippen molar-refractivity contribution < 1.29 is 15.0 Å². The number of alkyl halides is 1. The molecule has 31 heavy (non-hydrogen) atoms. The molecule has 176 valence electrons. The summed E-state index contributed by atoms with van der Waals surface area (Å²) < 4.78 is 0. The fourth-order valence-electron chi connectivity index (χ4n) is 6.22. The molecule has 0 aliphatic heterocycles. The Morgan fingerprint density at radius 2 is 1.87 bits per heavy atom. The van der Waals surface area contributed by atoms with Crippen LogP contribution in [0.15, 0.2) is 12.1 Å². The van der Waals surface area contributed by atoms with E-state index in [2.05, 4.69) is 6.92 Å². The highest BCUT2D eigenvalue weighted by Gasteiger charge is 2.42. The van der Waals surface area contributed by atoms with Crippen LogP contribution in [0.25, 0.3) is 0 Å². The summed E-state index contributed by atoms with van der Waals surface area (Å²) in [4.78, 5) is 12.6. The summed E-state index contributed by atoms with van der Waals surface area (Å²) in [7, 11) is 0. The van der Waals surface area contributed by atoms with Gasteiger partial charge in [0.2, 0.25) is 0 Å². The van der Waals surface area contributed by atoms with E-state index in [-0.39, 0.29) is 11.5 Å². The number of hydrogen-bond acceptors (Lipinski definition) is 3. The van der Waals surface area contributed by atoms with Crippen molar-refractivity contribution in [2.75, 3.05) is 0 Å². The van der Waals surface area contributed by atoms with Gasteiger partial charge in [-0.25, -0.2) is 4.79 Å².